The molecule has 0 radical (unpaired) electrons. The van der Waals surface area contributed by atoms with Gasteiger partial charge in [-0.05, 0) is 53.1 Å². The van der Waals surface area contributed by atoms with E-state index in [1.54, 1.807) is 0 Å². The van der Waals surface area contributed by atoms with Crippen molar-refractivity contribution in [2.45, 2.75) is 32.9 Å². The van der Waals surface area contributed by atoms with Crippen molar-refractivity contribution in [3.63, 3.8) is 0 Å². The molecule has 1 amide bonds. The highest BCUT2D eigenvalue weighted by Gasteiger charge is 2.20. The third-order valence-corrected chi connectivity index (χ3v) is 5.03. The molecule has 3 aromatic rings. The Morgan fingerprint density at radius 2 is 1.92 bits per heavy atom. The average molecular weight is 318 g/mol. The second kappa shape index (κ2) is 6.16. The minimum Gasteiger partial charge on any atom is -0.338 e. The Bertz CT molecular complexity index is 894. The number of carbonyl (C=O) groups excluding carboxylic acids is 1. The molecule has 0 fully saturated rings. The van der Waals surface area contributed by atoms with Gasteiger partial charge in [0, 0.05) is 24.8 Å². The van der Waals surface area contributed by atoms with Crippen LogP contribution in [-0.2, 0) is 30.7 Å². The van der Waals surface area contributed by atoms with E-state index in [0.717, 1.165) is 31.4 Å². The summed E-state index contributed by atoms with van der Waals surface area (Å²) >= 11 is 0. The van der Waals surface area contributed by atoms with Gasteiger partial charge < -0.3 is 9.47 Å². The number of hydrogen-bond acceptors (Lipinski definition) is 1. The fourth-order valence-corrected chi connectivity index (χ4v) is 3.56. The van der Waals surface area contributed by atoms with Gasteiger partial charge in [-0.15, -0.1) is 0 Å². The summed E-state index contributed by atoms with van der Waals surface area (Å²) in [4.78, 5) is 14.7. The number of hydrogen-bond donors (Lipinski definition) is 0. The molecular formula is C21H22N2O. The van der Waals surface area contributed by atoms with E-state index in [9.17, 15) is 4.79 Å². The van der Waals surface area contributed by atoms with Gasteiger partial charge in [0.2, 0.25) is 5.91 Å². The van der Waals surface area contributed by atoms with Gasteiger partial charge >= 0.3 is 0 Å². The Balaban J connectivity index is 1.53. The Labute approximate surface area is 142 Å². The summed E-state index contributed by atoms with van der Waals surface area (Å²) in [5.41, 5.74) is 5.12. The molecule has 4 rings (SSSR count). The lowest BCUT2D eigenvalue weighted by Gasteiger charge is -2.29. The zero-order chi connectivity index (χ0) is 16.5. The van der Waals surface area contributed by atoms with Gasteiger partial charge in [-0.2, -0.15) is 0 Å². The highest BCUT2D eigenvalue weighted by Crippen LogP contribution is 2.21. The highest BCUT2D eigenvalue weighted by atomic mass is 16.2. The van der Waals surface area contributed by atoms with Crippen molar-refractivity contribution in [2.24, 2.45) is 0 Å². The van der Waals surface area contributed by atoms with Gasteiger partial charge in [-0.25, -0.2) is 0 Å². The van der Waals surface area contributed by atoms with Crippen LogP contribution in [0.25, 0.3) is 10.9 Å². The number of aromatic nitrogens is 1. The second-order valence-corrected chi connectivity index (χ2v) is 6.52. The van der Waals surface area contributed by atoms with Gasteiger partial charge in [-0.3, -0.25) is 4.79 Å². The van der Waals surface area contributed by atoms with Gasteiger partial charge in [-0.1, -0.05) is 37.3 Å². The number of amides is 1. The summed E-state index contributed by atoms with van der Waals surface area (Å²) in [6.07, 6.45) is 4.02. The molecule has 122 valence electrons. The smallest absolute Gasteiger partial charge is 0.242 e. The highest BCUT2D eigenvalue weighted by molar-refractivity contribution is 5.84. The summed E-state index contributed by atoms with van der Waals surface area (Å²) in [6, 6.07) is 17.0. The largest absolute Gasteiger partial charge is 0.338 e. The molecule has 0 atom stereocenters. The van der Waals surface area contributed by atoms with Crippen LogP contribution in [0.15, 0.2) is 54.7 Å². The lowest BCUT2D eigenvalue weighted by molar-refractivity contribution is -0.132. The first-order valence-corrected chi connectivity index (χ1v) is 8.67. The van der Waals surface area contributed by atoms with Crippen LogP contribution in [0.2, 0.25) is 0 Å². The Morgan fingerprint density at radius 1 is 1.08 bits per heavy atom. The summed E-state index contributed by atoms with van der Waals surface area (Å²) in [5.74, 6) is 0.196. The molecule has 0 saturated carbocycles. The summed E-state index contributed by atoms with van der Waals surface area (Å²) in [7, 11) is 0. The molecule has 24 heavy (non-hydrogen) atoms. The van der Waals surface area contributed by atoms with Crippen LogP contribution in [0.1, 0.15) is 23.6 Å². The summed E-state index contributed by atoms with van der Waals surface area (Å²) in [5, 5.41) is 1.21. The van der Waals surface area contributed by atoms with Crippen molar-refractivity contribution in [1.29, 1.82) is 0 Å². The van der Waals surface area contributed by atoms with Crippen LogP contribution in [-0.4, -0.2) is 21.9 Å². The first kappa shape index (κ1) is 15.0. The predicted molar refractivity (Wildman–Crippen MR) is 96.9 cm³/mol. The summed E-state index contributed by atoms with van der Waals surface area (Å²) in [6.45, 7) is 4.12. The molecule has 0 unspecified atom stereocenters. The first-order chi connectivity index (χ1) is 11.7. The predicted octanol–water partition coefficient (Wildman–Crippen LogP) is 3.79. The number of nitrogens with zero attached hydrogens (tertiary/aromatic N) is 2. The quantitative estimate of drug-likeness (QED) is 0.721. The van der Waals surface area contributed by atoms with Crippen LogP contribution in [0, 0.1) is 0 Å². The SMILES string of the molecule is CCc1ccc2c(ccn2CC(=O)N2CCc3ccccc3C2)c1. The Hall–Kier alpha value is -2.55. The van der Waals surface area contributed by atoms with E-state index < -0.39 is 0 Å². The van der Waals surface area contributed by atoms with Crippen molar-refractivity contribution in [3.05, 3.63) is 71.4 Å². The minimum atomic E-state index is 0.196. The molecule has 1 aliphatic rings. The van der Waals surface area contributed by atoms with E-state index >= 15 is 0 Å². The molecule has 0 bridgehead atoms. The second-order valence-electron chi connectivity index (χ2n) is 6.52. The molecule has 0 spiro atoms. The zero-order valence-corrected chi connectivity index (χ0v) is 14.0. The van der Waals surface area contributed by atoms with Gasteiger partial charge in [0.25, 0.3) is 0 Å². The Morgan fingerprint density at radius 3 is 2.75 bits per heavy atom. The van der Waals surface area contributed by atoms with E-state index in [0.29, 0.717) is 6.54 Å². The normalized spacial score (nSPS) is 14.0. The van der Waals surface area contributed by atoms with Crippen molar-refractivity contribution >= 4 is 16.8 Å². The van der Waals surface area contributed by atoms with E-state index in [1.165, 1.54) is 22.1 Å². The number of fused-ring (bicyclic) bond motifs is 2. The maximum absolute atomic E-state index is 12.7. The first-order valence-electron chi connectivity index (χ1n) is 8.67. The van der Waals surface area contributed by atoms with Crippen molar-refractivity contribution in [3.8, 4) is 0 Å². The van der Waals surface area contributed by atoms with E-state index in [1.807, 2.05) is 11.1 Å². The number of rotatable bonds is 3. The summed E-state index contributed by atoms with van der Waals surface area (Å²) < 4.78 is 2.07. The van der Waals surface area contributed by atoms with Gasteiger partial charge in [0.15, 0.2) is 0 Å². The maximum atomic E-state index is 12.7. The van der Waals surface area contributed by atoms with Crippen LogP contribution < -0.4 is 0 Å². The number of benzene rings is 2. The van der Waals surface area contributed by atoms with Gasteiger partial charge in [0.05, 0.1) is 0 Å². The van der Waals surface area contributed by atoms with Crippen molar-refractivity contribution in [2.75, 3.05) is 6.54 Å². The number of carbonyl (C=O) groups is 1. The standard InChI is InChI=1S/C21H22N2O/c1-2-16-7-8-20-18(13-16)10-11-22(20)15-21(24)23-12-9-17-5-3-4-6-19(17)14-23/h3-8,10-11,13H,2,9,12,14-15H2,1H3. The maximum Gasteiger partial charge on any atom is 0.242 e. The molecule has 0 N–H and O–H groups in total. The fourth-order valence-electron chi connectivity index (χ4n) is 3.56. The molecule has 3 heteroatoms. The van der Waals surface area contributed by atoms with Gasteiger partial charge in [0.1, 0.15) is 6.54 Å². The third kappa shape index (κ3) is 2.71. The molecule has 2 aromatic carbocycles. The number of aryl methyl sites for hydroxylation is 1. The molecule has 3 nitrogen and oxygen atoms in total. The van der Waals surface area contributed by atoms with E-state index in [4.69, 9.17) is 0 Å². The molecular weight excluding hydrogens is 296 g/mol. The Kier molecular flexibility index (Phi) is 3.85. The topological polar surface area (TPSA) is 25.2 Å². The zero-order valence-electron chi connectivity index (χ0n) is 14.0. The lowest BCUT2D eigenvalue weighted by atomic mass is 10.00. The van der Waals surface area contributed by atoms with E-state index in [2.05, 4.69) is 60.0 Å². The molecule has 0 saturated heterocycles. The van der Waals surface area contributed by atoms with E-state index in [-0.39, 0.29) is 5.91 Å². The van der Waals surface area contributed by atoms with Crippen LogP contribution >= 0.6 is 0 Å². The van der Waals surface area contributed by atoms with Crippen molar-refractivity contribution in [1.82, 2.24) is 9.47 Å². The molecule has 1 aromatic heterocycles. The fraction of sp³-hybridized carbons (Fsp3) is 0.286. The average Bonchev–Trinajstić information content (AvgIpc) is 3.03. The van der Waals surface area contributed by atoms with Crippen LogP contribution in [0.3, 0.4) is 0 Å². The minimum absolute atomic E-state index is 0.196. The monoisotopic (exact) mass is 318 g/mol. The van der Waals surface area contributed by atoms with Crippen LogP contribution in [0.4, 0.5) is 0 Å². The van der Waals surface area contributed by atoms with Crippen LogP contribution in [0.5, 0.6) is 0 Å². The lowest BCUT2D eigenvalue weighted by Crippen LogP contribution is -2.37. The third-order valence-electron chi connectivity index (χ3n) is 5.03. The van der Waals surface area contributed by atoms with Crippen molar-refractivity contribution < 1.29 is 4.79 Å². The molecule has 2 heterocycles. The molecule has 0 aliphatic carbocycles. The molecule has 1 aliphatic heterocycles.